The van der Waals surface area contributed by atoms with E-state index in [9.17, 15) is 0 Å². The number of rotatable bonds is 5. The van der Waals surface area contributed by atoms with Crippen molar-refractivity contribution in [2.45, 2.75) is 5.75 Å². The van der Waals surface area contributed by atoms with Crippen molar-refractivity contribution < 1.29 is 4.74 Å². The summed E-state index contributed by atoms with van der Waals surface area (Å²) in [6, 6.07) is 10.0. The predicted octanol–water partition coefficient (Wildman–Crippen LogP) is 2.12. The molecule has 96 valence electrons. The van der Waals surface area contributed by atoms with Crippen molar-refractivity contribution in [1.29, 1.82) is 5.26 Å². The molecular weight excluding hydrogens is 244 g/mol. The number of benzene rings is 1. The molecule has 0 aromatic heterocycles. The molecule has 1 aliphatic heterocycles. The van der Waals surface area contributed by atoms with Gasteiger partial charge in [0.2, 0.25) is 0 Å². The molecule has 1 saturated heterocycles. The van der Waals surface area contributed by atoms with Crippen LogP contribution in [0.1, 0.15) is 11.1 Å². The molecule has 0 N–H and O–H groups in total. The van der Waals surface area contributed by atoms with Crippen LogP contribution in [-0.4, -0.2) is 43.5 Å². The molecule has 0 atom stereocenters. The lowest BCUT2D eigenvalue weighted by atomic mass is 10.2. The average molecular weight is 262 g/mol. The molecule has 1 fully saturated rings. The van der Waals surface area contributed by atoms with Gasteiger partial charge in [-0.2, -0.15) is 17.0 Å². The number of hydrogen-bond acceptors (Lipinski definition) is 4. The van der Waals surface area contributed by atoms with Gasteiger partial charge in [-0.05, 0) is 17.7 Å². The van der Waals surface area contributed by atoms with Gasteiger partial charge in [0.25, 0.3) is 0 Å². The number of nitriles is 1. The summed E-state index contributed by atoms with van der Waals surface area (Å²) in [7, 11) is 0. The van der Waals surface area contributed by atoms with Crippen LogP contribution in [0.15, 0.2) is 24.3 Å². The highest BCUT2D eigenvalue weighted by molar-refractivity contribution is 7.98. The number of hydrogen-bond donors (Lipinski definition) is 0. The molecule has 1 aromatic carbocycles. The first kappa shape index (κ1) is 13.4. The van der Waals surface area contributed by atoms with Crippen LogP contribution in [0, 0.1) is 11.3 Å². The van der Waals surface area contributed by atoms with Gasteiger partial charge in [0.1, 0.15) is 0 Å². The molecule has 4 heteroatoms. The topological polar surface area (TPSA) is 36.3 Å². The van der Waals surface area contributed by atoms with Gasteiger partial charge in [0, 0.05) is 31.1 Å². The molecular formula is C14H18N2OS. The van der Waals surface area contributed by atoms with E-state index in [4.69, 9.17) is 10.00 Å². The first-order valence-electron chi connectivity index (χ1n) is 6.25. The lowest BCUT2D eigenvalue weighted by Crippen LogP contribution is -2.37. The second-order valence-electron chi connectivity index (χ2n) is 4.32. The van der Waals surface area contributed by atoms with Gasteiger partial charge < -0.3 is 4.74 Å². The Bertz CT molecular complexity index is 411. The summed E-state index contributed by atoms with van der Waals surface area (Å²) in [6.07, 6.45) is 0. The number of nitrogens with zero attached hydrogens (tertiary/aromatic N) is 2. The third-order valence-electron chi connectivity index (χ3n) is 2.98. The van der Waals surface area contributed by atoms with E-state index < -0.39 is 0 Å². The van der Waals surface area contributed by atoms with Gasteiger partial charge in [-0.1, -0.05) is 12.1 Å². The van der Waals surface area contributed by atoms with Crippen LogP contribution < -0.4 is 0 Å². The first-order valence-corrected chi connectivity index (χ1v) is 7.41. The van der Waals surface area contributed by atoms with Crippen LogP contribution in [0.25, 0.3) is 0 Å². The Morgan fingerprint density at radius 1 is 1.33 bits per heavy atom. The van der Waals surface area contributed by atoms with E-state index in [1.807, 2.05) is 30.0 Å². The summed E-state index contributed by atoms with van der Waals surface area (Å²) in [6.45, 7) is 4.99. The molecule has 18 heavy (non-hydrogen) atoms. The Morgan fingerprint density at radius 3 is 2.94 bits per heavy atom. The third kappa shape index (κ3) is 4.34. The quantitative estimate of drug-likeness (QED) is 0.762. The Hall–Kier alpha value is -1.02. The van der Waals surface area contributed by atoms with Crippen LogP contribution in [-0.2, 0) is 10.5 Å². The zero-order chi connectivity index (χ0) is 12.6. The van der Waals surface area contributed by atoms with Gasteiger partial charge >= 0.3 is 0 Å². The Labute approximate surface area is 113 Å². The SMILES string of the molecule is N#Cc1cccc(CSCCN2CCOCC2)c1. The van der Waals surface area contributed by atoms with E-state index in [0.717, 1.165) is 49.9 Å². The Morgan fingerprint density at radius 2 is 2.17 bits per heavy atom. The normalized spacial score (nSPS) is 16.4. The molecule has 0 spiro atoms. The fourth-order valence-electron chi connectivity index (χ4n) is 1.94. The van der Waals surface area contributed by atoms with Gasteiger partial charge in [0.05, 0.1) is 24.8 Å². The smallest absolute Gasteiger partial charge is 0.0991 e. The zero-order valence-electron chi connectivity index (χ0n) is 10.5. The van der Waals surface area contributed by atoms with Crippen molar-refractivity contribution in [3.8, 4) is 6.07 Å². The highest BCUT2D eigenvalue weighted by Gasteiger charge is 2.09. The minimum absolute atomic E-state index is 0.751. The molecule has 1 aliphatic rings. The molecule has 3 nitrogen and oxygen atoms in total. The second kappa shape index (κ2) is 7.42. The van der Waals surface area contributed by atoms with E-state index in [1.165, 1.54) is 5.56 Å². The molecule has 1 heterocycles. The second-order valence-corrected chi connectivity index (χ2v) is 5.42. The number of morpholine rings is 1. The highest BCUT2D eigenvalue weighted by Crippen LogP contribution is 2.14. The summed E-state index contributed by atoms with van der Waals surface area (Å²) in [4.78, 5) is 2.45. The van der Waals surface area contributed by atoms with Crippen LogP contribution in [0.5, 0.6) is 0 Å². The number of ether oxygens (including phenoxy) is 1. The summed E-state index contributed by atoms with van der Waals surface area (Å²) in [5.41, 5.74) is 1.99. The van der Waals surface area contributed by atoms with Crippen molar-refractivity contribution in [2.75, 3.05) is 38.6 Å². The standard InChI is InChI=1S/C14H18N2OS/c15-11-13-2-1-3-14(10-13)12-18-9-6-16-4-7-17-8-5-16/h1-3,10H,4-9,12H2. The molecule has 0 aliphatic carbocycles. The summed E-state index contributed by atoms with van der Waals surface area (Å²) in [5.74, 6) is 2.12. The minimum atomic E-state index is 0.751. The average Bonchev–Trinajstić information content (AvgIpc) is 2.45. The molecule has 2 rings (SSSR count). The summed E-state index contributed by atoms with van der Waals surface area (Å²) >= 11 is 1.93. The lowest BCUT2D eigenvalue weighted by Gasteiger charge is -2.26. The van der Waals surface area contributed by atoms with Crippen molar-refractivity contribution >= 4 is 11.8 Å². The van der Waals surface area contributed by atoms with Crippen molar-refractivity contribution in [1.82, 2.24) is 4.90 Å². The van der Waals surface area contributed by atoms with Crippen molar-refractivity contribution in [3.05, 3.63) is 35.4 Å². The molecule has 0 saturated carbocycles. The molecule has 0 amide bonds. The van der Waals surface area contributed by atoms with E-state index >= 15 is 0 Å². The molecule has 0 bridgehead atoms. The minimum Gasteiger partial charge on any atom is -0.379 e. The molecule has 0 unspecified atom stereocenters. The molecule has 1 aromatic rings. The third-order valence-corrected chi connectivity index (χ3v) is 3.99. The van der Waals surface area contributed by atoms with Gasteiger partial charge in [0.15, 0.2) is 0 Å². The van der Waals surface area contributed by atoms with Crippen molar-refractivity contribution in [3.63, 3.8) is 0 Å². The first-order chi connectivity index (χ1) is 8.88. The Balaban J connectivity index is 1.67. The van der Waals surface area contributed by atoms with E-state index in [0.29, 0.717) is 0 Å². The van der Waals surface area contributed by atoms with Crippen LogP contribution in [0.3, 0.4) is 0 Å². The van der Waals surface area contributed by atoms with Gasteiger partial charge in [-0.15, -0.1) is 0 Å². The van der Waals surface area contributed by atoms with Crippen LogP contribution in [0.2, 0.25) is 0 Å². The fraction of sp³-hybridized carbons (Fsp3) is 0.500. The summed E-state index contributed by atoms with van der Waals surface area (Å²) < 4.78 is 5.32. The van der Waals surface area contributed by atoms with Gasteiger partial charge in [-0.25, -0.2) is 0 Å². The van der Waals surface area contributed by atoms with Crippen LogP contribution in [0.4, 0.5) is 0 Å². The maximum absolute atomic E-state index is 8.83. The molecule has 0 radical (unpaired) electrons. The zero-order valence-corrected chi connectivity index (χ0v) is 11.3. The fourth-order valence-corrected chi connectivity index (χ4v) is 2.89. The maximum Gasteiger partial charge on any atom is 0.0991 e. The van der Waals surface area contributed by atoms with E-state index in [-0.39, 0.29) is 0 Å². The number of thioether (sulfide) groups is 1. The Kier molecular flexibility index (Phi) is 5.53. The largest absolute Gasteiger partial charge is 0.379 e. The predicted molar refractivity (Wildman–Crippen MR) is 74.6 cm³/mol. The van der Waals surface area contributed by atoms with E-state index in [2.05, 4.69) is 17.0 Å². The van der Waals surface area contributed by atoms with Crippen molar-refractivity contribution in [2.24, 2.45) is 0 Å². The monoisotopic (exact) mass is 262 g/mol. The highest BCUT2D eigenvalue weighted by atomic mass is 32.2. The van der Waals surface area contributed by atoms with Gasteiger partial charge in [-0.3, -0.25) is 4.90 Å². The summed E-state index contributed by atoms with van der Waals surface area (Å²) in [5, 5.41) is 8.83. The lowest BCUT2D eigenvalue weighted by molar-refractivity contribution is 0.0410. The maximum atomic E-state index is 8.83. The van der Waals surface area contributed by atoms with Crippen LogP contribution >= 0.6 is 11.8 Å². The van der Waals surface area contributed by atoms with E-state index in [1.54, 1.807) is 0 Å².